The molecule has 164 valence electrons. The third kappa shape index (κ3) is 3.69. The lowest BCUT2D eigenvalue weighted by atomic mass is 9.92. The van der Waals surface area contributed by atoms with E-state index in [-0.39, 0.29) is 22.3 Å². The van der Waals surface area contributed by atoms with Crippen LogP contribution in [0.15, 0.2) is 32.3 Å². The number of piperidine rings is 2. The zero-order valence-electron chi connectivity index (χ0n) is 17.5. The highest BCUT2D eigenvalue weighted by Crippen LogP contribution is 2.29. The van der Waals surface area contributed by atoms with Gasteiger partial charge in [-0.3, -0.25) is 9.36 Å². The van der Waals surface area contributed by atoms with E-state index in [2.05, 4.69) is 6.92 Å². The van der Waals surface area contributed by atoms with Gasteiger partial charge in [0.1, 0.15) is 0 Å². The fourth-order valence-electron chi connectivity index (χ4n) is 4.72. The maximum absolute atomic E-state index is 13.1. The van der Waals surface area contributed by atoms with Crippen LogP contribution in [0.25, 0.3) is 11.1 Å². The van der Waals surface area contributed by atoms with Crippen molar-refractivity contribution in [3.8, 4) is 0 Å². The summed E-state index contributed by atoms with van der Waals surface area (Å²) in [5, 5.41) is 0. The summed E-state index contributed by atoms with van der Waals surface area (Å²) in [4.78, 5) is 26.9. The number of benzene rings is 1. The van der Waals surface area contributed by atoms with Gasteiger partial charge in [-0.1, -0.05) is 6.92 Å². The molecule has 0 saturated carbocycles. The minimum atomic E-state index is -3.71. The van der Waals surface area contributed by atoms with E-state index in [4.69, 9.17) is 4.42 Å². The summed E-state index contributed by atoms with van der Waals surface area (Å²) >= 11 is 0. The number of likely N-dealkylation sites (tertiary alicyclic amines) is 1. The first-order valence-electron chi connectivity index (χ1n) is 10.7. The van der Waals surface area contributed by atoms with E-state index in [1.807, 2.05) is 4.90 Å². The van der Waals surface area contributed by atoms with Crippen LogP contribution in [0.2, 0.25) is 0 Å². The lowest BCUT2D eigenvalue weighted by Gasteiger charge is -2.39. The van der Waals surface area contributed by atoms with Gasteiger partial charge in [-0.2, -0.15) is 4.31 Å². The Morgan fingerprint density at radius 3 is 2.57 bits per heavy atom. The van der Waals surface area contributed by atoms with Crippen LogP contribution >= 0.6 is 0 Å². The van der Waals surface area contributed by atoms with Gasteiger partial charge in [-0.15, -0.1) is 0 Å². The molecule has 2 aromatic rings. The molecule has 1 aromatic heterocycles. The number of hydrogen-bond acceptors (Lipinski definition) is 5. The Bertz CT molecular complexity index is 1100. The molecule has 1 atom stereocenters. The molecule has 1 aromatic carbocycles. The topological polar surface area (TPSA) is 92.8 Å². The van der Waals surface area contributed by atoms with E-state index in [0.29, 0.717) is 37.5 Å². The van der Waals surface area contributed by atoms with Crippen molar-refractivity contribution in [1.29, 1.82) is 0 Å². The third-order valence-corrected chi connectivity index (χ3v) is 8.48. The lowest BCUT2D eigenvalue weighted by molar-refractivity contribution is -0.140. The van der Waals surface area contributed by atoms with Crippen LogP contribution in [0.5, 0.6) is 0 Å². The molecule has 2 aliphatic heterocycles. The van der Waals surface area contributed by atoms with E-state index in [9.17, 15) is 18.0 Å². The first-order valence-corrected chi connectivity index (χ1v) is 12.2. The number of amides is 1. The average Bonchev–Trinajstić information content (AvgIpc) is 3.06. The van der Waals surface area contributed by atoms with Crippen LogP contribution in [-0.2, 0) is 21.9 Å². The monoisotopic (exact) mass is 435 g/mol. The average molecular weight is 436 g/mol. The highest BCUT2D eigenvalue weighted by atomic mass is 32.2. The molecule has 0 unspecified atom stereocenters. The Kier molecular flexibility index (Phi) is 5.76. The van der Waals surface area contributed by atoms with Gasteiger partial charge in [0, 0.05) is 44.7 Å². The molecule has 0 spiro atoms. The summed E-state index contributed by atoms with van der Waals surface area (Å²) in [5.41, 5.74) is 0.805. The number of aromatic nitrogens is 1. The summed E-state index contributed by atoms with van der Waals surface area (Å²) in [6.07, 6.45) is 5.32. The summed E-state index contributed by atoms with van der Waals surface area (Å²) in [7, 11) is -2.13. The Labute approximate surface area is 176 Å². The largest absolute Gasteiger partial charge is 0.419 e. The SMILES string of the molecule is CC[C@@H]1CCCCN1C(=O)C1CCN(S(=O)(=O)c2ccc3c(c2)oc(=O)n3C)CC1. The first kappa shape index (κ1) is 21.1. The molecule has 0 bridgehead atoms. The van der Waals surface area contributed by atoms with Gasteiger partial charge < -0.3 is 9.32 Å². The number of oxazole rings is 1. The minimum Gasteiger partial charge on any atom is -0.408 e. The zero-order valence-corrected chi connectivity index (χ0v) is 18.4. The predicted octanol–water partition coefficient (Wildman–Crippen LogP) is 2.32. The first-order chi connectivity index (χ1) is 14.3. The van der Waals surface area contributed by atoms with E-state index < -0.39 is 15.8 Å². The normalized spacial score (nSPS) is 21.9. The van der Waals surface area contributed by atoms with Crippen molar-refractivity contribution in [2.24, 2.45) is 13.0 Å². The van der Waals surface area contributed by atoms with Crippen molar-refractivity contribution in [2.45, 2.75) is 56.4 Å². The van der Waals surface area contributed by atoms with Crippen LogP contribution in [0.3, 0.4) is 0 Å². The molecular formula is C21H29N3O5S. The number of fused-ring (bicyclic) bond motifs is 1. The maximum atomic E-state index is 13.1. The van der Waals surface area contributed by atoms with Crippen LogP contribution in [0.1, 0.15) is 45.4 Å². The number of nitrogens with zero attached hydrogens (tertiary/aromatic N) is 3. The summed E-state index contributed by atoms with van der Waals surface area (Å²) in [5.74, 6) is -0.453. The molecule has 3 heterocycles. The summed E-state index contributed by atoms with van der Waals surface area (Å²) in [6, 6.07) is 4.82. The molecule has 0 radical (unpaired) electrons. The van der Waals surface area contributed by atoms with Gasteiger partial charge in [0.05, 0.1) is 10.4 Å². The van der Waals surface area contributed by atoms with E-state index in [0.717, 1.165) is 25.8 Å². The van der Waals surface area contributed by atoms with Gasteiger partial charge in [-0.05, 0) is 50.7 Å². The molecule has 8 nitrogen and oxygen atoms in total. The van der Waals surface area contributed by atoms with Crippen molar-refractivity contribution >= 4 is 27.0 Å². The van der Waals surface area contributed by atoms with Crippen LogP contribution in [0, 0.1) is 5.92 Å². The molecule has 9 heteroatoms. The molecule has 2 aliphatic rings. The molecule has 0 N–H and O–H groups in total. The smallest absolute Gasteiger partial charge is 0.408 e. The van der Waals surface area contributed by atoms with Crippen LogP contribution in [0.4, 0.5) is 0 Å². The molecule has 1 amide bonds. The summed E-state index contributed by atoms with van der Waals surface area (Å²) in [6.45, 7) is 3.58. The fraction of sp³-hybridized carbons (Fsp3) is 0.619. The number of rotatable bonds is 4. The number of sulfonamides is 1. The third-order valence-electron chi connectivity index (χ3n) is 6.59. The Morgan fingerprint density at radius 2 is 1.87 bits per heavy atom. The second kappa shape index (κ2) is 8.19. The van der Waals surface area contributed by atoms with Crippen molar-refractivity contribution in [2.75, 3.05) is 19.6 Å². The standard InChI is InChI=1S/C21H29N3O5S/c1-3-16-6-4-5-11-24(16)20(25)15-9-12-23(13-10-15)30(27,28)17-7-8-18-19(14-17)29-21(26)22(18)2/h7-8,14-16H,3-6,9-13H2,1-2H3/t16-/m1/s1. The molecule has 2 saturated heterocycles. The Hall–Kier alpha value is -2.13. The number of aryl methyl sites for hydroxylation is 1. The minimum absolute atomic E-state index is 0.108. The van der Waals surface area contributed by atoms with Gasteiger partial charge in [0.15, 0.2) is 5.58 Å². The maximum Gasteiger partial charge on any atom is 0.419 e. The van der Waals surface area contributed by atoms with Crippen LogP contribution < -0.4 is 5.76 Å². The van der Waals surface area contributed by atoms with Gasteiger partial charge in [0.2, 0.25) is 15.9 Å². The second-order valence-electron chi connectivity index (χ2n) is 8.32. The van der Waals surface area contributed by atoms with E-state index >= 15 is 0 Å². The molecule has 30 heavy (non-hydrogen) atoms. The predicted molar refractivity (Wildman–Crippen MR) is 113 cm³/mol. The van der Waals surface area contributed by atoms with Gasteiger partial charge >= 0.3 is 5.76 Å². The molecular weight excluding hydrogens is 406 g/mol. The van der Waals surface area contributed by atoms with Crippen molar-refractivity contribution in [3.05, 3.63) is 28.7 Å². The second-order valence-corrected chi connectivity index (χ2v) is 10.3. The van der Waals surface area contributed by atoms with Crippen molar-refractivity contribution < 1.29 is 17.6 Å². The Balaban J connectivity index is 1.46. The molecule has 2 fully saturated rings. The van der Waals surface area contributed by atoms with E-state index in [1.165, 1.54) is 27.4 Å². The number of carbonyl (C=O) groups is 1. The Morgan fingerprint density at radius 1 is 1.13 bits per heavy atom. The van der Waals surface area contributed by atoms with Gasteiger partial charge in [-0.25, -0.2) is 13.2 Å². The van der Waals surface area contributed by atoms with Crippen molar-refractivity contribution in [1.82, 2.24) is 13.8 Å². The number of carbonyl (C=O) groups excluding carboxylic acids is 1. The number of hydrogen-bond donors (Lipinski definition) is 0. The molecule has 0 aliphatic carbocycles. The highest BCUT2D eigenvalue weighted by molar-refractivity contribution is 7.89. The fourth-order valence-corrected chi connectivity index (χ4v) is 6.20. The van der Waals surface area contributed by atoms with Gasteiger partial charge in [0.25, 0.3) is 0 Å². The van der Waals surface area contributed by atoms with Crippen LogP contribution in [-0.4, -0.2) is 53.8 Å². The molecule has 4 rings (SSSR count). The van der Waals surface area contributed by atoms with Crippen molar-refractivity contribution in [3.63, 3.8) is 0 Å². The zero-order chi connectivity index (χ0) is 21.5. The quantitative estimate of drug-likeness (QED) is 0.735. The highest BCUT2D eigenvalue weighted by Gasteiger charge is 2.36. The lowest BCUT2D eigenvalue weighted by Crippen LogP contribution is -2.49. The summed E-state index contributed by atoms with van der Waals surface area (Å²) < 4.78 is 34.1. The van der Waals surface area contributed by atoms with E-state index in [1.54, 1.807) is 13.1 Å².